The lowest BCUT2D eigenvalue weighted by Gasteiger charge is -2.19. The highest BCUT2D eigenvalue weighted by atomic mass is 16.1. The van der Waals surface area contributed by atoms with Gasteiger partial charge in [-0.2, -0.15) is 0 Å². The minimum atomic E-state index is -0.241. The van der Waals surface area contributed by atoms with Gasteiger partial charge in [0.25, 0.3) is 0 Å². The van der Waals surface area contributed by atoms with E-state index >= 15 is 0 Å². The highest BCUT2D eigenvalue weighted by molar-refractivity contribution is 6.20. The van der Waals surface area contributed by atoms with Gasteiger partial charge < -0.3 is 25.4 Å². The molecule has 2 aromatic carbocycles. The average molecular weight is 555 g/mol. The molecule has 3 N–H and O–H groups in total. The van der Waals surface area contributed by atoms with E-state index in [2.05, 4.69) is 96.2 Å². The molecule has 0 radical (unpaired) electrons. The smallest absolute Gasteiger partial charge is 0.247 e. The van der Waals surface area contributed by atoms with Crippen molar-refractivity contribution in [1.29, 1.82) is 0 Å². The van der Waals surface area contributed by atoms with Gasteiger partial charge in [0, 0.05) is 42.5 Å². The molecule has 1 amide bonds. The molecule has 7 heteroatoms. The van der Waals surface area contributed by atoms with Crippen LogP contribution in [0.3, 0.4) is 0 Å². The molecule has 0 fully saturated rings. The molecule has 218 valence electrons. The molecule has 0 aliphatic carbocycles. The Morgan fingerprint density at radius 2 is 2.00 bits per heavy atom. The molecule has 1 aliphatic rings. The fourth-order valence-corrected chi connectivity index (χ4v) is 5.60. The van der Waals surface area contributed by atoms with Crippen molar-refractivity contribution in [1.82, 2.24) is 9.47 Å². The summed E-state index contributed by atoms with van der Waals surface area (Å²) in [7, 11) is 4.08. The van der Waals surface area contributed by atoms with Crippen LogP contribution < -0.4 is 16.0 Å². The second-order valence-corrected chi connectivity index (χ2v) is 11.2. The summed E-state index contributed by atoms with van der Waals surface area (Å²) >= 11 is 0. The van der Waals surface area contributed by atoms with Crippen LogP contribution in [-0.4, -0.2) is 54.9 Å². The number of hydrogen-bond acceptors (Lipinski definition) is 5. The molecule has 7 nitrogen and oxygen atoms in total. The Balaban J connectivity index is 1.68. The molecule has 0 saturated carbocycles. The molecule has 0 saturated heterocycles. The molecule has 0 bridgehead atoms. The van der Waals surface area contributed by atoms with E-state index in [-0.39, 0.29) is 5.91 Å². The van der Waals surface area contributed by atoms with Gasteiger partial charge in [0.15, 0.2) is 0 Å². The Bertz CT molecular complexity index is 1460. The maximum Gasteiger partial charge on any atom is 0.247 e. The normalized spacial score (nSPS) is 14.3. The number of para-hydroxylation sites is 1. The Morgan fingerprint density at radius 3 is 2.71 bits per heavy atom. The lowest BCUT2D eigenvalue weighted by atomic mass is 9.90. The van der Waals surface area contributed by atoms with Crippen LogP contribution in [0.4, 0.5) is 17.1 Å². The standard InChI is InChI=1S/C34H46N6O/c1-8-23(4)26(9-2)33(28-21-40-17-12-14-25-13-11-15-27(28)34(25)40)37-22-36-29-20-31(38-32(41)10-3)30(19-24(29)5)35-16-18-39(6)7/h9-11,13,15,19-21,23,35-36H,3,8,12,14,16-18,22H2,1-2,4-7H3,(H,38,41)/b26-9-,37-33+. The highest BCUT2D eigenvalue weighted by Gasteiger charge is 2.22. The van der Waals surface area contributed by atoms with Crippen LogP contribution in [0.1, 0.15) is 50.3 Å². The zero-order valence-electron chi connectivity index (χ0n) is 25.6. The topological polar surface area (TPSA) is 73.7 Å². The van der Waals surface area contributed by atoms with E-state index in [9.17, 15) is 4.79 Å². The Kier molecular flexibility index (Phi) is 10.1. The second-order valence-electron chi connectivity index (χ2n) is 11.2. The third kappa shape index (κ3) is 6.91. The number of hydrogen-bond donors (Lipinski definition) is 3. The summed E-state index contributed by atoms with van der Waals surface area (Å²) in [4.78, 5) is 19.6. The Labute approximate surface area is 245 Å². The van der Waals surface area contributed by atoms with Gasteiger partial charge in [0.1, 0.15) is 6.67 Å². The molecule has 1 aromatic heterocycles. The summed E-state index contributed by atoms with van der Waals surface area (Å²) in [6.45, 7) is 15.4. The number of nitrogens with one attached hydrogen (secondary N) is 3. The highest BCUT2D eigenvalue weighted by Crippen LogP contribution is 2.33. The van der Waals surface area contributed by atoms with Gasteiger partial charge in [-0.25, -0.2) is 0 Å². The van der Waals surface area contributed by atoms with Crippen molar-refractivity contribution in [3.63, 3.8) is 0 Å². The van der Waals surface area contributed by atoms with E-state index in [0.29, 0.717) is 18.3 Å². The van der Waals surface area contributed by atoms with Crippen LogP contribution in [0.15, 0.2) is 65.8 Å². The number of nitrogens with zero attached hydrogens (tertiary/aromatic N) is 3. The quantitative estimate of drug-likeness (QED) is 0.160. The van der Waals surface area contributed by atoms with Crippen molar-refractivity contribution in [2.45, 2.75) is 53.5 Å². The first-order valence-corrected chi connectivity index (χ1v) is 14.8. The lowest BCUT2D eigenvalue weighted by Crippen LogP contribution is -2.21. The number of aliphatic imine (C=N–C) groups is 1. The van der Waals surface area contributed by atoms with Crippen LogP contribution in [0.2, 0.25) is 0 Å². The molecule has 2 heterocycles. The van der Waals surface area contributed by atoms with E-state index in [1.165, 1.54) is 40.1 Å². The molecule has 1 atom stereocenters. The Morgan fingerprint density at radius 1 is 1.20 bits per heavy atom. The number of carbonyl (C=O) groups is 1. The number of aromatic nitrogens is 1. The SMILES string of the molecule is C=CC(=O)Nc1cc(NC/N=C(\C(=C/C)C(C)CC)c2cn3c4c(cccc24)CCC3)c(C)cc1NCCN(C)C. The first kappa shape index (κ1) is 30.1. The molecular weight excluding hydrogens is 508 g/mol. The van der Waals surface area contributed by atoms with Gasteiger partial charge in [-0.15, -0.1) is 0 Å². The molecule has 41 heavy (non-hydrogen) atoms. The van der Waals surface area contributed by atoms with Crippen molar-refractivity contribution in [3.05, 3.63) is 77.5 Å². The summed E-state index contributed by atoms with van der Waals surface area (Å²) < 4.78 is 2.41. The number of amides is 1. The zero-order valence-corrected chi connectivity index (χ0v) is 25.6. The predicted molar refractivity (Wildman–Crippen MR) is 176 cm³/mol. The van der Waals surface area contributed by atoms with Crippen molar-refractivity contribution in [2.75, 3.05) is 49.8 Å². The molecular formula is C34H46N6O. The van der Waals surface area contributed by atoms with Gasteiger partial charge in [-0.05, 0) is 88.0 Å². The van der Waals surface area contributed by atoms with E-state index in [0.717, 1.165) is 55.1 Å². The first-order chi connectivity index (χ1) is 19.8. The van der Waals surface area contributed by atoms with Gasteiger partial charge in [-0.3, -0.25) is 9.79 Å². The number of benzene rings is 2. The molecule has 1 aliphatic heterocycles. The number of likely N-dealkylation sites (N-methyl/N-ethyl adjacent to an activating group) is 1. The minimum Gasteiger partial charge on any atom is -0.382 e. The zero-order chi connectivity index (χ0) is 29.5. The lowest BCUT2D eigenvalue weighted by molar-refractivity contribution is -0.111. The summed E-state index contributed by atoms with van der Waals surface area (Å²) in [5, 5.41) is 11.2. The van der Waals surface area contributed by atoms with E-state index < -0.39 is 0 Å². The number of carbonyl (C=O) groups excluding carboxylic acids is 1. The van der Waals surface area contributed by atoms with E-state index in [1.807, 2.05) is 20.2 Å². The summed E-state index contributed by atoms with van der Waals surface area (Å²) in [5.41, 5.74) is 9.91. The van der Waals surface area contributed by atoms with Crippen LogP contribution in [0.25, 0.3) is 10.9 Å². The number of rotatable bonds is 13. The molecule has 0 spiro atoms. The Hall–Kier alpha value is -3.84. The number of anilines is 3. The molecule has 4 rings (SSSR count). The van der Waals surface area contributed by atoms with Crippen LogP contribution in [-0.2, 0) is 17.8 Å². The van der Waals surface area contributed by atoms with Crippen LogP contribution in [0.5, 0.6) is 0 Å². The van der Waals surface area contributed by atoms with Gasteiger partial charge in [0.05, 0.1) is 22.6 Å². The van der Waals surface area contributed by atoms with Gasteiger partial charge in [0.2, 0.25) is 5.91 Å². The summed E-state index contributed by atoms with van der Waals surface area (Å²) in [6, 6.07) is 10.7. The largest absolute Gasteiger partial charge is 0.382 e. The fourth-order valence-electron chi connectivity index (χ4n) is 5.60. The predicted octanol–water partition coefficient (Wildman–Crippen LogP) is 6.85. The maximum absolute atomic E-state index is 12.2. The van der Waals surface area contributed by atoms with Crippen molar-refractivity contribution < 1.29 is 4.79 Å². The average Bonchev–Trinajstić information content (AvgIpc) is 3.34. The second kappa shape index (κ2) is 13.7. The first-order valence-electron chi connectivity index (χ1n) is 14.8. The van der Waals surface area contributed by atoms with Crippen molar-refractivity contribution in [2.24, 2.45) is 10.9 Å². The number of aryl methyl sites for hydroxylation is 3. The number of allylic oxidation sites excluding steroid dienone is 2. The van der Waals surface area contributed by atoms with Crippen LogP contribution >= 0.6 is 0 Å². The van der Waals surface area contributed by atoms with E-state index in [1.54, 1.807) is 0 Å². The molecule has 1 unspecified atom stereocenters. The van der Waals surface area contributed by atoms with Crippen molar-refractivity contribution >= 4 is 39.6 Å². The fraction of sp³-hybridized carbons (Fsp3) is 0.412. The monoisotopic (exact) mass is 554 g/mol. The van der Waals surface area contributed by atoms with E-state index in [4.69, 9.17) is 4.99 Å². The third-order valence-electron chi connectivity index (χ3n) is 8.00. The van der Waals surface area contributed by atoms with Gasteiger partial charge >= 0.3 is 0 Å². The summed E-state index contributed by atoms with van der Waals surface area (Å²) in [6.07, 6.45) is 9.16. The third-order valence-corrected chi connectivity index (χ3v) is 8.00. The van der Waals surface area contributed by atoms with Crippen molar-refractivity contribution in [3.8, 4) is 0 Å². The van der Waals surface area contributed by atoms with Gasteiger partial charge in [-0.1, -0.05) is 44.7 Å². The summed E-state index contributed by atoms with van der Waals surface area (Å²) in [5.74, 6) is 0.149. The maximum atomic E-state index is 12.2. The van der Waals surface area contributed by atoms with Crippen LogP contribution in [0, 0.1) is 12.8 Å². The molecule has 3 aromatic rings. The minimum absolute atomic E-state index is 0.241.